The van der Waals surface area contributed by atoms with Crippen LogP contribution in [0.4, 0.5) is 0 Å². The van der Waals surface area contributed by atoms with E-state index in [9.17, 15) is 9.90 Å². The van der Waals surface area contributed by atoms with Gasteiger partial charge in [-0.15, -0.1) is 0 Å². The number of carbonyl (C=O) groups excluding carboxylic acids is 1. The molecule has 1 aliphatic carbocycles. The van der Waals surface area contributed by atoms with E-state index in [1.165, 1.54) is 0 Å². The molecule has 0 aromatic heterocycles. The standard InChI is InChI=1S/C13H23NO4/c1-2-18-12(15)10-3-5-13(16,6-4-10)9-14-11-7-17-8-11/h10-11,14,16H,2-9H2,1H3. The topological polar surface area (TPSA) is 67.8 Å². The molecule has 2 fully saturated rings. The summed E-state index contributed by atoms with van der Waals surface area (Å²) in [5.74, 6) is -0.142. The zero-order valence-corrected chi connectivity index (χ0v) is 11.0. The van der Waals surface area contributed by atoms with Gasteiger partial charge < -0.3 is 19.9 Å². The van der Waals surface area contributed by atoms with Crippen LogP contribution >= 0.6 is 0 Å². The van der Waals surface area contributed by atoms with E-state index in [0.717, 1.165) is 26.1 Å². The smallest absolute Gasteiger partial charge is 0.308 e. The van der Waals surface area contributed by atoms with E-state index >= 15 is 0 Å². The summed E-state index contributed by atoms with van der Waals surface area (Å²) in [7, 11) is 0. The second-order valence-corrected chi connectivity index (χ2v) is 5.37. The van der Waals surface area contributed by atoms with Crippen LogP contribution in [0, 0.1) is 5.92 Å². The maximum atomic E-state index is 11.6. The third-order valence-corrected chi connectivity index (χ3v) is 3.89. The summed E-state index contributed by atoms with van der Waals surface area (Å²) >= 11 is 0. The molecular weight excluding hydrogens is 234 g/mol. The summed E-state index contributed by atoms with van der Waals surface area (Å²) in [4.78, 5) is 11.6. The first kappa shape index (κ1) is 13.8. The Kier molecular flexibility index (Phi) is 4.59. The predicted octanol–water partition coefficient (Wildman–Crippen LogP) is 0.459. The van der Waals surface area contributed by atoms with Gasteiger partial charge in [0, 0.05) is 6.54 Å². The lowest BCUT2D eigenvalue weighted by Gasteiger charge is -2.37. The lowest BCUT2D eigenvalue weighted by atomic mass is 9.78. The van der Waals surface area contributed by atoms with Crippen molar-refractivity contribution in [3.63, 3.8) is 0 Å². The van der Waals surface area contributed by atoms with Crippen molar-refractivity contribution in [3.8, 4) is 0 Å². The van der Waals surface area contributed by atoms with Gasteiger partial charge in [0.25, 0.3) is 0 Å². The van der Waals surface area contributed by atoms with Gasteiger partial charge in [0.1, 0.15) is 0 Å². The van der Waals surface area contributed by atoms with Gasteiger partial charge in [-0.2, -0.15) is 0 Å². The van der Waals surface area contributed by atoms with Crippen molar-refractivity contribution in [2.75, 3.05) is 26.4 Å². The Morgan fingerprint density at radius 1 is 1.44 bits per heavy atom. The lowest BCUT2D eigenvalue weighted by molar-refractivity contribution is -0.151. The van der Waals surface area contributed by atoms with Crippen LogP contribution in [0.5, 0.6) is 0 Å². The molecule has 0 bridgehead atoms. The Morgan fingerprint density at radius 3 is 2.61 bits per heavy atom. The van der Waals surface area contributed by atoms with Crippen molar-refractivity contribution in [1.82, 2.24) is 5.32 Å². The highest BCUT2D eigenvalue weighted by molar-refractivity contribution is 5.72. The molecule has 0 spiro atoms. The molecule has 1 heterocycles. The summed E-state index contributed by atoms with van der Waals surface area (Å²) in [6.07, 6.45) is 2.77. The van der Waals surface area contributed by atoms with Crippen LogP contribution in [-0.4, -0.2) is 49.1 Å². The summed E-state index contributed by atoms with van der Waals surface area (Å²) in [5, 5.41) is 13.7. The van der Waals surface area contributed by atoms with Crippen molar-refractivity contribution in [2.45, 2.75) is 44.2 Å². The van der Waals surface area contributed by atoms with E-state index in [2.05, 4.69) is 5.32 Å². The quantitative estimate of drug-likeness (QED) is 0.700. The molecule has 18 heavy (non-hydrogen) atoms. The molecule has 0 aromatic rings. The molecule has 5 nitrogen and oxygen atoms in total. The largest absolute Gasteiger partial charge is 0.466 e. The summed E-state index contributed by atoms with van der Waals surface area (Å²) in [6, 6.07) is 0.386. The highest BCUT2D eigenvalue weighted by atomic mass is 16.5. The predicted molar refractivity (Wildman–Crippen MR) is 66.2 cm³/mol. The molecule has 2 aliphatic rings. The lowest BCUT2D eigenvalue weighted by Crippen LogP contribution is -2.53. The van der Waals surface area contributed by atoms with Gasteiger partial charge in [-0.1, -0.05) is 0 Å². The third kappa shape index (κ3) is 3.43. The molecule has 0 atom stereocenters. The zero-order chi connectivity index (χ0) is 13.0. The second-order valence-electron chi connectivity index (χ2n) is 5.37. The zero-order valence-electron chi connectivity index (χ0n) is 11.0. The monoisotopic (exact) mass is 257 g/mol. The van der Waals surface area contributed by atoms with E-state index in [0.29, 0.717) is 32.0 Å². The second kappa shape index (κ2) is 5.99. The van der Waals surface area contributed by atoms with Gasteiger partial charge in [0.05, 0.1) is 37.4 Å². The van der Waals surface area contributed by atoms with Crippen LogP contribution in [0.1, 0.15) is 32.6 Å². The third-order valence-electron chi connectivity index (χ3n) is 3.89. The fraction of sp³-hybridized carbons (Fsp3) is 0.923. The fourth-order valence-corrected chi connectivity index (χ4v) is 2.52. The van der Waals surface area contributed by atoms with E-state index in [1.54, 1.807) is 0 Å². The SMILES string of the molecule is CCOC(=O)C1CCC(O)(CNC2COC2)CC1. The normalized spacial score (nSPS) is 32.9. The number of esters is 1. The fourth-order valence-electron chi connectivity index (χ4n) is 2.52. The average Bonchev–Trinajstić information content (AvgIpc) is 2.28. The first-order valence-corrected chi connectivity index (χ1v) is 6.83. The van der Waals surface area contributed by atoms with Crippen molar-refractivity contribution in [3.05, 3.63) is 0 Å². The summed E-state index contributed by atoms with van der Waals surface area (Å²) in [5.41, 5.74) is -0.668. The average molecular weight is 257 g/mol. The number of nitrogens with one attached hydrogen (secondary N) is 1. The molecule has 0 unspecified atom stereocenters. The molecule has 0 radical (unpaired) electrons. The molecular formula is C13H23NO4. The van der Waals surface area contributed by atoms with Gasteiger partial charge >= 0.3 is 5.97 Å². The Labute approximate surface area is 108 Å². The minimum atomic E-state index is -0.668. The Morgan fingerprint density at radius 2 is 2.11 bits per heavy atom. The van der Waals surface area contributed by atoms with Crippen LogP contribution in [0.15, 0.2) is 0 Å². The first-order chi connectivity index (χ1) is 8.63. The number of hydrogen-bond donors (Lipinski definition) is 2. The number of aliphatic hydroxyl groups is 1. The molecule has 2 N–H and O–H groups in total. The van der Waals surface area contributed by atoms with E-state index in [1.807, 2.05) is 6.92 Å². The van der Waals surface area contributed by atoms with Crippen LogP contribution in [0.2, 0.25) is 0 Å². The number of hydrogen-bond acceptors (Lipinski definition) is 5. The van der Waals surface area contributed by atoms with Crippen LogP contribution in [0.3, 0.4) is 0 Å². The number of carbonyl (C=O) groups is 1. The Balaban J connectivity index is 1.71. The Bertz CT molecular complexity index is 283. The van der Waals surface area contributed by atoms with E-state index in [-0.39, 0.29) is 11.9 Å². The van der Waals surface area contributed by atoms with Crippen molar-refractivity contribution in [2.24, 2.45) is 5.92 Å². The molecule has 1 aliphatic heterocycles. The van der Waals surface area contributed by atoms with Crippen molar-refractivity contribution < 1.29 is 19.4 Å². The molecule has 5 heteroatoms. The maximum absolute atomic E-state index is 11.6. The molecule has 2 rings (SSSR count). The van der Waals surface area contributed by atoms with Gasteiger partial charge in [-0.3, -0.25) is 4.79 Å². The minimum absolute atomic E-state index is 0.0303. The summed E-state index contributed by atoms with van der Waals surface area (Å²) < 4.78 is 10.1. The highest BCUT2D eigenvalue weighted by Crippen LogP contribution is 2.32. The number of rotatable bonds is 5. The minimum Gasteiger partial charge on any atom is -0.466 e. The van der Waals surface area contributed by atoms with Gasteiger partial charge in [-0.05, 0) is 32.6 Å². The summed E-state index contributed by atoms with van der Waals surface area (Å²) in [6.45, 7) is 4.32. The van der Waals surface area contributed by atoms with Gasteiger partial charge in [0.15, 0.2) is 0 Å². The van der Waals surface area contributed by atoms with E-state index in [4.69, 9.17) is 9.47 Å². The van der Waals surface area contributed by atoms with Crippen LogP contribution in [0.25, 0.3) is 0 Å². The first-order valence-electron chi connectivity index (χ1n) is 6.83. The van der Waals surface area contributed by atoms with Crippen LogP contribution < -0.4 is 5.32 Å². The highest BCUT2D eigenvalue weighted by Gasteiger charge is 2.36. The van der Waals surface area contributed by atoms with Crippen LogP contribution in [-0.2, 0) is 14.3 Å². The molecule has 1 saturated heterocycles. The molecule has 0 aromatic carbocycles. The molecule has 104 valence electrons. The maximum Gasteiger partial charge on any atom is 0.308 e. The van der Waals surface area contributed by atoms with Crippen molar-refractivity contribution in [1.29, 1.82) is 0 Å². The molecule has 1 saturated carbocycles. The van der Waals surface area contributed by atoms with Gasteiger partial charge in [0.2, 0.25) is 0 Å². The Hall–Kier alpha value is -0.650. The molecule has 0 amide bonds. The van der Waals surface area contributed by atoms with Crippen molar-refractivity contribution >= 4 is 5.97 Å². The number of ether oxygens (including phenoxy) is 2. The van der Waals surface area contributed by atoms with E-state index < -0.39 is 5.60 Å². The van der Waals surface area contributed by atoms with Gasteiger partial charge in [-0.25, -0.2) is 0 Å².